The van der Waals surface area contributed by atoms with Gasteiger partial charge < -0.3 is 4.90 Å². The zero-order valence-corrected chi connectivity index (χ0v) is 10.5. The average Bonchev–Trinajstić information content (AvgIpc) is 2.89. The molecule has 17 heavy (non-hydrogen) atoms. The van der Waals surface area contributed by atoms with Gasteiger partial charge in [-0.1, -0.05) is 6.07 Å². The van der Waals surface area contributed by atoms with Crippen molar-refractivity contribution in [2.24, 2.45) is 0 Å². The van der Waals surface area contributed by atoms with Gasteiger partial charge in [0, 0.05) is 29.4 Å². The molecule has 0 saturated carbocycles. The summed E-state index contributed by atoms with van der Waals surface area (Å²) in [5.41, 5.74) is 0.693. The molecule has 2 aromatic heterocycles. The van der Waals surface area contributed by atoms with E-state index in [-0.39, 0.29) is 5.91 Å². The van der Waals surface area contributed by atoms with Crippen molar-refractivity contribution in [2.45, 2.75) is 13.5 Å². The molecule has 2 heterocycles. The Labute approximate surface area is 105 Å². The number of aromatic nitrogens is 1. The lowest BCUT2D eigenvalue weighted by molar-refractivity contribution is 0.0754. The highest BCUT2D eigenvalue weighted by Crippen LogP contribution is 2.13. The molecule has 3 nitrogen and oxygen atoms in total. The van der Waals surface area contributed by atoms with Crippen LogP contribution in [0, 0.1) is 0 Å². The molecule has 0 radical (unpaired) electrons. The highest BCUT2D eigenvalue weighted by atomic mass is 32.1. The van der Waals surface area contributed by atoms with Crippen molar-refractivity contribution in [1.82, 2.24) is 9.88 Å². The molecule has 0 aliphatic carbocycles. The van der Waals surface area contributed by atoms with E-state index in [1.807, 2.05) is 29.3 Å². The van der Waals surface area contributed by atoms with Crippen molar-refractivity contribution in [1.29, 1.82) is 0 Å². The number of thiophene rings is 1. The second kappa shape index (κ2) is 5.59. The molecule has 2 aromatic rings. The third-order valence-corrected chi connectivity index (χ3v) is 3.38. The average molecular weight is 246 g/mol. The Hall–Kier alpha value is -1.68. The topological polar surface area (TPSA) is 33.2 Å². The first kappa shape index (κ1) is 11.8. The van der Waals surface area contributed by atoms with E-state index in [0.717, 1.165) is 0 Å². The van der Waals surface area contributed by atoms with Gasteiger partial charge in [0.2, 0.25) is 0 Å². The zero-order valence-electron chi connectivity index (χ0n) is 9.67. The number of carbonyl (C=O) groups is 1. The van der Waals surface area contributed by atoms with Gasteiger partial charge in [-0.15, -0.1) is 11.3 Å². The van der Waals surface area contributed by atoms with Crippen molar-refractivity contribution in [3.05, 3.63) is 52.5 Å². The van der Waals surface area contributed by atoms with Gasteiger partial charge in [-0.3, -0.25) is 9.78 Å². The number of pyridine rings is 1. The predicted octanol–water partition coefficient (Wildman–Crippen LogP) is 2.81. The molecule has 2 rings (SSSR count). The highest BCUT2D eigenvalue weighted by Gasteiger charge is 2.14. The number of amides is 1. The highest BCUT2D eigenvalue weighted by molar-refractivity contribution is 7.09. The predicted molar refractivity (Wildman–Crippen MR) is 69.0 cm³/mol. The molecule has 0 unspecified atom stereocenters. The van der Waals surface area contributed by atoms with Gasteiger partial charge in [0.25, 0.3) is 5.91 Å². The molecule has 0 N–H and O–H groups in total. The maximum atomic E-state index is 12.2. The number of nitrogens with zero attached hydrogens (tertiary/aromatic N) is 2. The SMILES string of the molecule is CCN(Cc1cccs1)C(=O)c1ccncc1. The summed E-state index contributed by atoms with van der Waals surface area (Å²) >= 11 is 1.67. The molecular weight excluding hydrogens is 232 g/mol. The van der Waals surface area contributed by atoms with Gasteiger partial charge in [-0.2, -0.15) is 0 Å². The summed E-state index contributed by atoms with van der Waals surface area (Å²) in [5, 5.41) is 2.03. The van der Waals surface area contributed by atoms with E-state index in [1.165, 1.54) is 4.88 Å². The standard InChI is InChI=1S/C13H14N2OS/c1-2-15(10-12-4-3-9-17-12)13(16)11-5-7-14-8-6-11/h3-9H,2,10H2,1H3. The Kier molecular flexibility index (Phi) is 3.88. The van der Waals surface area contributed by atoms with E-state index >= 15 is 0 Å². The van der Waals surface area contributed by atoms with Gasteiger partial charge in [0.1, 0.15) is 0 Å². The number of rotatable bonds is 4. The molecule has 0 fully saturated rings. The van der Waals surface area contributed by atoms with Crippen LogP contribution in [0.1, 0.15) is 22.2 Å². The minimum Gasteiger partial charge on any atom is -0.334 e. The Morgan fingerprint density at radius 1 is 1.35 bits per heavy atom. The third-order valence-electron chi connectivity index (χ3n) is 2.52. The van der Waals surface area contributed by atoms with Crippen LogP contribution in [0.2, 0.25) is 0 Å². The number of hydrogen-bond donors (Lipinski definition) is 0. The lowest BCUT2D eigenvalue weighted by Crippen LogP contribution is -2.29. The van der Waals surface area contributed by atoms with E-state index in [2.05, 4.69) is 4.98 Å². The van der Waals surface area contributed by atoms with E-state index in [0.29, 0.717) is 18.7 Å². The van der Waals surface area contributed by atoms with Gasteiger partial charge >= 0.3 is 0 Å². The normalized spacial score (nSPS) is 10.2. The summed E-state index contributed by atoms with van der Waals surface area (Å²) in [7, 11) is 0. The molecule has 0 atom stereocenters. The van der Waals surface area contributed by atoms with Crippen LogP contribution in [-0.4, -0.2) is 22.3 Å². The van der Waals surface area contributed by atoms with E-state index in [9.17, 15) is 4.79 Å². The fourth-order valence-electron chi connectivity index (χ4n) is 1.59. The van der Waals surface area contributed by atoms with Crippen molar-refractivity contribution in [2.75, 3.05) is 6.54 Å². The lowest BCUT2D eigenvalue weighted by Gasteiger charge is -2.20. The van der Waals surface area contributed by atoms with E-state index in [1.54, 1.807) is 35.9 Å². The second-order valence-electron chi connectivity index (χ2n) is 3.63. The monoisotopic (exact) mass is 246 g/mol. The molecule has 0 spiro atoms. The van der Waals surface area contributed by atoms with Gasteiger partial charge in [0.15, 0.2) is 0 Å². The number of hydrogen-bond acceptors (Lipinski definition) is 3. The van der Waals surface area contributed by atoms with Crippen LogP contribution in [0.5, 0.6) is 0 Å². The first-order valence-electron chi connectivity index (χ1n) is 5.53. The van der Waals surface area contributed by atoms with Gasteiger partial charge in [0.05, 0.1) is 6.54 Å². The molecule has 0 aliphatic heterocycles. The molecule has 0 aromatic carbocycles. The van der Waals surface area contributed by atoms with Crippen LogP contribution >= 0.6 is 11.3 Å². The van der Waals surface area contributed by atoms with E-state index < -0.39 is 0 Å². The largest absolute Gasteiger partial charge is 0.334 e. The molecule has 4 heteroatoms. The van der Waals surface area contributed by atoms with Crippen molar-refractivity contribution in [3.63, 3.8) is 0 Å². The van der Waals surface area contributed by atoms with E-state index in [4.69, 9.17) is 0 Å². The summed E-state index contributed by atoms with van der Waals surface area (Å²) in [5.74, 6) is 0.0586. The molecule has 0 aliphatic rings. The number of carbonyl (C=O) groups excluding carboxylic acids is 1. The Morgan fingerprint density at radius 2 is 2.12 bits per heavy atom. The molecule has 1 amide bonds. The summed E-state index contributed by atoms with van der Waals surface area (Å²) in [4.78, 5) is 19.2. The van der Waals surface area contributed by atoms with Crippen LogP contribution < -0.4 is 0 Å². The Bertz CT molecular complexity index is 467. The summed E-state index contributed by atoms with van der Waals surface area (Å²) < 4.78 is 0. The second-order valence-corrected chi connectivity index (χ2v) is 4.67. The summed E-state index contributed by atoms with van der Waals surface area (Å²) in [6.07, 6.45) is 3.29. The van der Waals surface area contributed by atoms with Crippen LogP contribution in [-0.2, 0) is 6.54 Å². The maximum Gasteiger partial charge on any atom is 0.254 e. The molecule has 0 saturated heterocycles. The van der Waals surface area contributed by atoms with Gasteiger partial charge in [-0.25, -0.2) is 0 Å². The maximum absolute atomic E-state index is 12.2. The summed E-state index contributed by atoms with van der Waals surface area (Å²) in [6.45, 7) is 3.38. The fourth-order valence-corrected chi connectivity index (χ4v) is 2.31. The van der Waals surface area contributed by atoms with Crippen molar-refractivity contribution >= 4 is 17.2 Å². The zero-order chi connectivity index (χ0) is 12.1. The van der Waals surface area contributed by atoms with Crippen LogP contribution in [0.25, 0.3) is 0 Å². The lowest BCUT2D eigenvalue weighted by atomic mass is 10.2. The summed E-state index contributed by atoms with van der Waals surface area (Å²) in [6, 6.07) is 7.55. The first-order valence-corrected chi connectivity index (χ1v) is 6.41. The van der Waals surface area contributed by atoms with Crippen LogP contribution in [0.4, 0.5) is 0 Å². The smallest absolute Gasteiger partial charge is 0.254 e. The third kappa shape index (κ3) is 2.91. The molecule has 0 bridgehead atoms. The van der Waals surface area contributed by atoms with Crippen molar-refractivity contribution in [3.8, 4) is 0 Å². The Balaban J connectivity index is 2.11. The first-order chi connectivity index (χ1) is 8.31. The fraction of sp³-hybridized carbons (Fsp3) is 0.231. The molecule has 88 valence electrons. The van der Waals surface area contributed by atoms with Crippen molar-refractivity contribution < 1.29 is 4.79 Å². The minimum atomic E-state index is 0.0586. The molecular formula is C13H14N2OS. The Morgan fingerprint density at radius 3 is 2.71 bits per heavy atom. The minimum absolute atomic E-state index is 0.0586. The van der Waals surface area contributed by atoms with Gasteiger partial charge in [-0.05, 0) is 30.5 Å². The van der Waals surface area contributed by atoms with Crippen LogP contribution in [0.3, 0.4) is 0 Å². The quantitative estimate of drug-likeness (QED) is 0.831. The van der Waals surface area contributed by atoms with Crippen LogP contribution in [0.15, 0.2) is 42.0 Å².